The molecule has 0 saturated heterocycles. The van der Waals surface area contributed by atoms with Gasteiger partial charge < -0.3 is 16.0 Å². The van der Waals surface area contributed by atoms with E-state index in [9.17, 15) is 14.9 Å². The number of aryl methyl sites for hydroxylation is 1. The third-order valence-electron chi connectivity index (χ3n) is 5.98. The van der Waals surface area contributed by atoms with E-state index < -0.39 is 5.92 Å². The number of para-hydroxylation sites is 1. The molecule has 3 aromatic rings. The normalized spacial score (nSPS) is 15.0. The number of dihydropyridines is 1. The maximum atomic E-state index is 13.5. The predicted molar refractivity (Wildman–Crippen MR) is 155 cm³/mol. The van der Waals surface area contributed by atoms with Gasteiger partial charge in [-0.3, -0.25) is 9.59 Å². The predicted octanol–water partition coefficient (Wildman–Crippen LogP) is 7.01. The molecule has 1 aliphatic heterocycles. The second-order valence-corrected chi connectivity index (χ2v) is 10.4. The molecule has 4 rings (SSSR count). The highest BCUT2D eigenvalue weighted by atomic mass is 35.5. The van der Waals surface area contributed by atoms with Crippen molar-refractivity contribution in [3.05, 3.63) is 116 Å². The lowest BCUT2D eigenvalue weighted by atomic mass is 9.82. The number of hydrogen-bond acceptors (Lipinski definition) is 5. The second-order valence-electron chi connectivity index (χ2n) is 8.59. The van der Waals surface area contributed by atoms with Crippen molar-refractivity contribution in [2.75, 3.05) is 16.4 Å². The molecule has 1 heterocycles. The van der Waals surface area contributed by atoms with E-state index in [2.05, 4.69) is 22.0 Å². The summed E-state index contributed by atoms with van der Waals surface area (Å²) in [7, 11) is 0. The van der Waals surface area contributed by atoms with Gasteiger partial charge in [-0.25, -0.2) is 0 Å². The first-order valence-corrected chi connectivity index (χ1v) is 13.4. The van der Waals surface area contributed by atoms with Crippen LogP contribution < -0.4 is 16.0 Å². The summed E-state index contributed by atoms with van der Waals surface area (Å²) in [5, 5.41) is 20.7. The van der Waals surface area contributed by atoms with Gasteiger partial charge in [-0.2, -0.15) is 5.26 Å². The number of carbonyl (C=O) groups excluding carboxylic acids is 2. The number of rotatable bonds is 7. The van der Waals surface area contributed by atoms with Crippen molar-refractivity contribution >= 4 is 58.2 Å². The van der Waals surface area contributed by atoms with E-state index in [1.807, 2.05) is 37.3 Å². The maximum absolute atomic E-state index is 13.5. The summed E-state index contributed by atoms with van der Waals surface area (Å²) in [6.45, 7) is 3.68. The smallest absolute Gasteiger partial charge is 0.254 e. The average Bonchev–Trinajstić information content (AvgIpc) is 2.90. The van der Waals surface area contributed by atoms with Crippen molar-refractivity contribution < 1.29 is 9.59 Å². The number of benzene rings is 3. The average molecular weight is 564 g/mol. The Morgan fingerprint density at radius 2 is 1.66 bits per heavy atom. The summed E-state index contributed by atoms with van der Waals surface area (Å²) in [6.07, 6.45) is 0. The molecule has 1 atom stereocenters. The Morgan fingerprint density at radius 1 is 0.974 bits per heavy atom. The molecule has 0 saturated carbocycles. The standard InChI is InChI=1S/C29H24Cl2N4O2S/c1-17-7-3-6-10-24(17)35-25(36)16-38-29-22(15-32)27(21-8-4-5-9-23(21)31)26(18(2)33-29)28(37)34-20-13-11-19(30)12-14-20/h3-14,27,33H,16H2,1-2H3,(H,34,37)(H,35,36)/t27-/m0/s1. The number of halogens is 2. The van der Waals surface area contributed by atoms with E-state index in [0.717, 1.165) is 11.3 Å². The molecule has 6 nitrogen and oxygen atoms in total. The highest BCUT2D eigenvalue weighted by molar-refractivity contribution is 8.03. The number of amides is 2. The number of carbonyl (C=O) groups is 2. The van der Waals surface area contributed by atoms with Gasteiger partial charge in [0.15, 0.2) is 0 Å². The number of thioether (sulfide) groups is 1. The van der Waals surface area contributed by atoms with Crippen molar-refractivity contribution in [3.63, 3.8) is 0 Å². The van der Waals surface area contributed by atoms with Crippen LogP contribution in [0.5, 0.6) is 0 Å². The first kappa shape index (κ1) is 27.3. The van der Waals surface area contributed by atoms with Gasteiger partial charge in [0.2, 0.25) is 5.91 Å². The Labute approximate surface area is 235 Å². The lowest BCUT2D eigenvalue weighted by Gasteiger charge is -2.30. The number of nitrogens with zero attached hydrogens (tertiary/aromatic N) is 1. The monoisotopic (exact) mass is 562 g/mol. The first-order chi connectivity index (χ1) is 18.3. The van der Waals surface area contributed by atoms with Gasteiger partial charge in [-0.05, 0) is 61.4 Å². The summed E-state index contributed by atoms with van der Waals surface area (Å²) < 4.78 is 0. The van der Waals surface area contributed by atoms with Gasteiger partial charge in [-0.1, -0.05) is 71.4 Å². The molecule has 192 valence electrons. The zero-order valence-electron chi connectivity index (χ0n) is 20.6. The second kappa shape index (κ2) is 12.2. The molecular formula is C29H24Cl2N4O2S. The highest BCUT2D eigenvalue weighted by Gasteiger charge is 2.36. The minimum atomic E-state index is -0.732. The summed E-state index contributed by atoms with van der Waals surface area (Å²) in [5.41, 5.74) is 4.09. The van der Waals surface area contributed by atoms with Crippen LogP contribution >= 0.6 is 35.0 Å². The van der Waals surface area contributed by atoms with Crippen LogP contribution in [-0.4, -0.2) is 17.6 Å². The van der Waals surface area contributed by atoms with E-state index >= 15 is 0 Å². The molecule has 0 bridgehead atoms. The van der Waals surface area contributed by atoms with Gasteiger partial charge in [0, 0.05) is 32.7 Å². The quantitative estimate of drug-likeness (QED) is 0.288. The third kappa shape index (κ3) is 6.22. The minimum absolute atomic E-state index is 0.0661. The molecule has 0 unspecified atom stereocenters. The molecule has 1 aliphatic rings. The Kier molecular flexibility index (Phi) is 8.80. The number of anilines is 2. The fraction of sp³-hybridized carbons (Fsp3) is 0.138. The minimum Gasteiger partial charge on any atom is -0.353 e. The lowest BCUT2D eigenvalue weighted by Crippen LogP contribution is -2.31. The molecule has 0 spiro atoms. The van der Waals surface area contributed by atoms with Gasteiger partial charge in [0.25, 0.3) is 5.91 Å². The number of nitrogens with one attached hydrogen (secondary N) is 3. The van der Waals surface area contributed by atoms with Crippen LogP contribution in [0.4, 0.5) is 11.4 Å². The van der Waals surface area contributed by atoms with Gasteiger partial charge in [0.05, 0.1) is 28.3 Å². The molecule has 3 N–H and O–H groups in total. The van der Waals surface area contributed by atoms with E-state index in [1.165, 1.54) is 11.8 Å². The Morgan fingerprint density at radius 3 is 2.34 bits per heavy atom. The molecule has 38 heavy (non-hydrogen) atoms. The van der Waals surface area contributed by atoms with E-state index in [0.29, 0.717) is 43.2 Å². The van der Waals surface area contributed by atoms with Crippen molar-refractivity contribution in [2.24, 2.45) is 0 Å². The van der Waals surface area contributed by atoms with Crippen molar-refractivity contribution in [2.45, 2.75) is 19.8 Å². The van der Waals surface area contributed by atoms with Crippen molar-refractivity contribution in [1.29, 1.82) is 5.26 Å². The molecule has 0 aliphatic carbocycles. The number of allylic oxidation sites excluding steroid dienone is 2. The van der Waals surface area contributed by atoms with Crippen LogP contribution in [0.2, 0.25) is 10.0 Å². The summed E-state index contributed by atoms with van der Waals surface area (Å²) >= 11 is 13.7. The van der Waals surface area contributed by atoms with Crippen LogP contribution in [0.1, 0.15) is 24.0 Å². The SMILES string of the molecule is CC1=C(C(=O)Nc2ccc(Cl)cc2)[C@@H](c2ccccc2Cl)C(C#N)=C(SCC(=O)Nc2ccccc2C)N1. The molecule has 3 aromatic carbocycles. The van der Waals surface area contributed by atoms with Crippen molar-refractivity contribution in [3.8, 4) is 6.07 Å². The molecule has 9 heteroatoms. The fourth-order valence-corrected chi connectivity index (χ4v) is 5.38. The largest absolute Gasteiger partial charge is 0.353 e. The van der Waals surface area contributed by atoms with E-state index in [4.69, 9.17) is 23.2 Å². The third-order valence-corrected chi connectivity index (χ3v) is 7.59. The fourth-order valence-electron chi connectivity index (χ4n) is 4.12. The summed E-state index contributed by atoms with van der Waals surface area (Å²) in [6, 6.07) is 23.7. The van der Waals surface area contributed by atoms with Crippen LogP contribution in [-0.2, 0) is 9.59 Å². The molecule has 0 radical (unpaired) electrons. The topological polar surface area (TPSA) is 94.0 Å². The Hall–Kier alpha value is -3.70. The number of hydrogen-bond donors (Lipinski definition) is 3. The van der Waals surface area contributed by atoms with Gasteiger partial charge in [0.1, 0.15) is 0 Å². The molecule has 0 fully saturated rings. The van der Waals surface area contributed by atoms with Crippen LogP contribution in [0.25, 0.3) is 0 Å². The number of nitriles is 1. The summed E-state index contributed by atoms with van der Waals surface area (Å²) in [4.78, 5) is 26.3. The zero-order valence-corrected chi connectivity index (χ0v) is 23.0. The highest BCUT2D eigenvalue weighted by Crippen LogP contribution is 2.43. The Balaban J connectivity index is 1.65. The Bertz CT molecular complexity index is 1490. The van der Waals surface area contributed by atoms with Crippen molar-refractivity contribution in [1.82, 2.24) is 5.32 Å². The van der Waals surface area contributed by atoms with Crippen LogP contribution in [0.15, 0.2) is 94.7 Å². The molecule has 2 amide bonds. The van der Waals surface area contributed by atoms with E-state index in [1.54, 1.807) is 49.4 Å². The van der Waals surface area contributed by atoms with Gasteiger partial charge in [-0.15, -0.1) is 0 Å². The maximum Gasteiger partial charge on any atom is 0.254 e. The lowest BCUT2D eigenvalue weighted by molar-refractivity contribution is -0.114. The molecule has 0 aromatic heterocycles. The van der Waals surface area contributed by atoms with Crippen LogP contribution in [0.3, 0.4) is 0 Å². The van der Waals surface area contributed by atoms with Crippen LogP contribution in [0, 0.1) is 18.3 Å². The van der Waals surface area contributed by atoms with Gasteiger partial charge >= 0.3 is 0 Å². The zero-order chi connectivity index (χ0) is 27.2. The summed E-state index contributed by atoms with van der Waals surface area (Å²) in [5.74, 6) is -1.25. The van der Waals surface area contributed by atoms with E-state index in [-0.39, 0.29) is 17.6 Å². The molecular weight excluding hydrogens is 539 g/mol. The first-order valence-electron chi connectivity index (χ1n) is 11.7.